The summed E-state index contributed by atoms with van der Waals surface area (Å²) in [6.07, 6.45) is 0. The highest BCUT2D eigenvalue weighted by Gasteiger charge is 2.16. The molecule has 0 aliphatic carbocycles. The Morgan fingerprint density at radius 2 is 2.00 bits per heavy atom. The average molecular weight is 243 g/mol. The molecule has 0 aliphatic rings. The third kappa shape index (κ3) is 4.02. The van der Waals surface area contributed by atoms with Gasteiger partial charge in [-0.15, -0.1) is 0 Å². The van der Waals surface area contributed by atoms with E-state index in [1.165, 1.54) is 18.2 Å². The quantitative estimate of drug-likeness (QED) is 0.795. The van der Waals surface area contributed by atoms with Crippen molar-refractivity contribution in [2.45, 2.75) is 38.5 Å². The Balaban J connectivity index is 2.73. The Kier molecular flexibility index (Phi) is 4.21. The van der Waals surface area contributed by atoms with Crippen LogP contribution in [0, 0.1) is 5.82 Å². The normalized spacial score (nSPS) is 13.8. The molecule has 16 heavy (non-hydrogen) atoms. The third-order valence-electron chi connectivity index (χ3n) is 2.00. The summed E-state index contributed by atoms with van der Waals surface area (Å²) in [5, 5.41) is 9.62. The molecule has 0 saturated carbocycles. The summed E-state index contributed by atoms with van der Waals surface area (Å²) in [7, 11) is 0. The van der Waals surface area contributed by atoms with Gasteiger partial charge in [0, 0.05) is 16.4 Å². The molecule has 0 aromatic heterocycles. The van der Waals surface area contributed by atoms with Crippen LogP contribution in [0.3, 0.4) is 0 Å². The predicted molar refractivity (Wildman–Crippen MR) is 67.0 cm³/mol. The highest BCUT2D eigenvalue weighted by Crippen LogP contribution is 2.29. The van der Waals surface area contributed by atoms with E-state index in [-0.39, 0.29) is 22.4 Å². The molecule has 0 aliphatic heterocycles. The van der Waals surface area contributed by atoms with Crippen LogP contribution >= 0.6 is 11.9 Å². The van der Waals surface area contributed by atoms with Crippen LogP contribution in [-0.2, 0) is 0 Å². The predicted octanol–water partition coefficient (Wildman–Crippen LogP) is 3.63. The summed E-state index contributed by atoms with van der Waals surface area (Å²) in [4.78, 5) is 0. The van der Waals surface area contributed by atoms with E-state index in [0.29, 0.717) is 5.56 Å². The van der Waals surface area contributed by atoms with Crippen molar-refractivity contribution >= 4 is 11.9 Å². The van der Waals surface area contributed by atoms with Crippen LogP contribution in [0.2, 0.25) is 0 Å². The average Bonchev–Trinajstić information content (AvgIpc) is 2.17. The zero-order valence-electron chi connectivity index (χ0n) is 10.0. The van der Waals surface area contributed by atoms with Gasteiger partial charge in [-0.3, -0.25) is 4.72 Å². The molecule has 0 radical (unpaired) electrons. The monoisotopic (exact) mass is 243 g/mol. The number of aromatic hydroxyl groups is 1. The van der Waals surface area contributed by atoms with Crippen LogP contribution in [0.15, 0.2) is 18.2 Å². The molecule has 0 bridgehead atoms. The van der Waals surface area contributed by atoms with Gasteiger partial charge in [-0.2, -0.15) is 0 Å². The summed E-state index contributed by atoms with van der Waals surface area (Å²) in [6, 6.07) is 3.89. The Hall–Kier alpha value is -0.740. The van der Waals surface area contributed by atoms with Crippen molar-refractivity contribution in [1.82, 2.24) is 4.72 Å². The van der Waals surface area contributed by atoms with Gasteiger partial charge in [0.2, 0.25) is 0 Å². The summed E-state index contributed by atoms with van der Waals surface area (Å²) in [6.45, 7) is 8.15. The first-order chi connectivity index (χ1) is 7.29. The smallest absolute Gasteiger partial charge is 0.123 e. The largest absolute Gasteiger partial charge is 0.508 e. The van der Waals surface area contributed by atoms with Crippen molar-refractivity contribution < 1.29 is 9.50 Å². The fourth-order valence-corrected chi connectivity index (χ4v) is 1.86. The van der Waals surface area contributed by atoms with Gasteiger partial charge in [-0.05, 0) is 45.9 Å². The lowest BCUT2D eigenvalue weighted by Gasteiger charge is -2.22. The Labute approximate surface area is 100 Å². The molecule has 4 heteroatoms. The van der Waals surface area contributed by atoms with Gasteiger partial charge in [0.15, 0.2) is 0 Å². The Morgan fingerprint density at radius 1 is 1.38 bits per heavy atom. The summed E-state index contributed by atoms with van der Waals surface area (Å²) < 4.78 is 16.3. The molecular weight excluding hydrogens is 225 g/mol. The number of hydrogen-bond acceptors (Lipinski definition) is 3. The van der Waals surface area contributed by atoms with E-state index in [9.17, 15) is 9.50 Å². The molecule has 0 spiro atoms. The first kappa shape index (κ1) is 13.3. The molecular formula is C12H18FNOS. The second-order valence-electron chi connectivity index (χ2n) is 4.76. The number of hydrogen-bond donors (Lipinski definition) is 2. The summed E-state index contributed by atoms with van der Waals surface area (Å²) in [5.74, 6) is -0.210. The number of halogens is 1. The maximum atomic E-state index is 13.0. The zero-order chi connectivity index (χ0) is 12.3. The lowest BCUT2D eigenvalue weighted by molar-refractivity contribution is 0.459. The van der Waals surface area contributed by atoms with Crippen LogP contribution in [0.1, 0.15) is 39.3 Å². The lowest BCUT2D eigenvalue weighted by atomic mass is 10.1. The van der Waals surface area contributed by atoms with Gasteiger partial charge in [-0.25, -0.2) is 4.39 Å². The van der Waals surface area contributed by atoms with Crippen molar-refractivity contribution in [3.05, 3.63) is 29.6 Å². The van der Waals surface area contributed by atoms with Crippen LogP contribution in [0.5, 0.6) is 5.75 Å². The van der Waals surface area contributed by atoms with Crippen molar-refractivity contribution in [2.24, 2.45) is 0 Å². The summed E-state index contributed by atoms with van der Waals surface area (Å²) >= 11 is 1.57. The van der Waals surface area contributed by atoms with Crippen molar-refractivity contribution in [3.63, 3.8) is 0 Å². The topological polar surface area (TPSA) is 32.3 Å². The van der Waals surface area contributed by atoms with E-state index in [0.717, 1.165) is 0 Å². The molecule has 0 fully saturated rings. The van der Waals surface area contributed by atoms with Crippen molar-refractivity contribution in [1.29, 1.82) is 0 Å². The molecule has 1 aromatic rings. The number of phenolic OH excluding ortho intramolecular Hbond substituents is 1. The molecule has 0 amide bonds. The SMILES string of the molecule is CC(NSC(C)(C)C)c1cc(F)ccc1O. The van der Waals surface area contributed by atoms with E-state index in [1.807, 2.05) is 6.92 Å². The van der Waals surface area contributed by atoms with Gasteiger partial charge in [0.1, 0.15) is 11.6 Å². The minimum atomic E-state index is -0.331. The van der Waals surface area contributed by atoms with Crippen LogP contribution < -0.4 is 4.72 Å². The number of benzene rings is 1. The second kappa shape index (κ2) is 5.06. The van der Waals surface area contributed by atoms with Crippen LogP contribution in [-0.4, -0.2) is 9.85 Å². The molecule has 0 heterocycles. The molecule has 2 nitrogen and oxygen atoms in total. The molecule has 1 atom stereocenters. The van der Waals surface area contributed by atoms with Gasteiger partial charge in [0.25, 0.3) is 0 Å². The molecule has 90 valence electrons. The zero-order valence-corrected chi connectivity index (χ0v) is 10.9. The fourth-order valence-electron chi connectivity index (χ4n) is 1.20. The fraction of sp³-hybridized carbons (Fsp3) is 0.500. The van der Waals surface area contributed by atoms with Gasteiger partial charge in [-0.1, -0.05) is 11.9 Å². The van der Waals surface area contributed by atoms with Gasteiger partial charge in [0.05, 0.1) is 0 Å². The van der Waals surface area contributed by atoms with Crippen molar-refractivity contribution in [2.75, 3.05) is 0 Å². The van der Waals surface area contributed by atoms with Gasteiger partial charge < -0.3 is 5.11 Å². The van der Waals surface area contributed by atoms with Gasteiger partial charge >= 0.3 is 0 Å². The van der Waals surface area contributed by atoms with E-state index in [1.54, 1.807) is 11.9 Å². The maximum absolute atomic E-state index is 13.0. The maximum Gasteiger partial charge on any atom is 0.123 e. The first-order valence-corrected chi connectivity index (χ1v) is 6.03. The standard InChI is InChI=1S/C12H18FNOS/c1-8(14-16-12(2,3)4)10-7-9(13)5-6-11(10)15/h5-8,14-15H,1-4H3. The number of phenols is 1. The minimum absolute atomic E-state index is 0.0806. The number of nitrogens with one attached hydrogen (secondary N) is 1. The van der Waals surface area contributed by atoms with Crippen LogP contribution in [0.25, 0.3) is 0 Å². The van der Waals surface area contributed by atoms with E-state index in [2.05, 4.69) is 25.5 Å². The van der Waals surface area contributed by atoms with Crippen molar-refractivity contribution in [3.8, 4) is 5.75 Å². The first-order valence-electron chi connectivity index (χ1n) is 5.21. The van der Waals surface area contributed by atoms with E-state index in [4.69, 9.17) is 0 Å². The molecule has 1 aromatic carbocycles. The molecule has 1 rings (SSSR count). The van der Waals surface area contributed by atoms with E-state index >= 15 is 0 Å². The minimum Gasteiger partial charge on any atom is -0.508 e. The van der Waals surface area contributed by atoms with Crippen LogP contribution in [0.4, 0.5) is 4.39 Å². The second-order valence-corrected chi connectivity index (χ2v) is 6.42. The molecule has 2 N–H and O–H groups in total. The number of rotatable bonds is 3. The van der Waals surface area contributed by atoms with E-state index < -0.39 is 0 Å². The third-order valence-corrected chi connectivity index (χ3v) is 3.08. The molecule has 0 saturated heterocycles. The Morgan fingerprint density at radius 3 is 2.56 bits per heavy atom. The lowest BCUT2D eigenvalue weighted by Crippen LogP contribution is -2.20. The summed E-state index contributed by atoms with van der Waals surface area (Å²) in [5.41, 5.74) is 0.580. The molecule has 1 unspecified atom stereocenters. The highest BCUT2D eigenvalue weighted by atomic mass is 32.2. The Bertz CT molecular complexity index is 363. The highest BCUT2D eigenvalue weighted by molar-refractivity contribution is 7.98.